The molecule has 9 rings (SSSR count). The Kier molecular flexibility index (Phi) is 4.93. The Labute approximate surface area is 243 Å². The summed E-state index contributed by atoms with van der Waals surface area (Å²) in [5.74, 6) is 0. The molecule has 0 amide bonds. The highest BCUT2D eigenvalue weighted by molar-refractivity contribution is 6.36. The van der Waals surface area contributed by atoms with E-state index in [1.807, 2.05) is 0 Å². The number of aromatic nitrogens is 2. The van der Waals surface area contributed by atoms with E-state index in [9.17, 15) is 0 Å². The van der Waals surface area contributed by atoms with Gasteiger partial charge in [0.2, 0.25) is 0 Å². The normalized spacial score (nSPS) is 11.8. The van der Waals surface area contributed by atoms with E-state index in [1.54, 1.807) is 0 Å². The average Bonchev–Trinajstić information content (AvgIpc) is 3.60. The van der Waals surface area contributed by atoms with Crippen molar-refractivity contribution in [1.29, 1.82) is 0 Å². The highest BCUT2D eigenvalue weighted by Crippen LogP contribution is 2.46. The first-order valence-corrected chi connectivity index (χ1v) is 14.5. The van der Waals surface area contributed by atoms with Crippen molar-refractivity contribution in [3.8, 4) is 22.5 Å². The summed E-state index contributed by atoms with van der Waals surface area (Å²) >= 11 is 0. The lowest BCUT2D eigenvalue weighted by Gasteiger charge is -2.14. The molecule has 0 aliphatic carbocycles. The minimum Gasteiger partial charge on any atom is -0.307 e. The van der Waals surface area contributed by atoms with Crippen molar-refractivity contribution in [1.82, 2.24) is 9.13 Å². The van der Waals surface area contributed by atoms with Gasteiger partial charge in [0, 0.05) is 32.9 Å². The Bertz CT molecular complexity index is 2440. The Morgan fingerprint density at radius 3 is 1.33 bits per heavy atom. The summed E-state index contributed by atoms with van der Waals surface area (Å²) in [4.78, 5) is 0. The molecule has 0 aliphatic rings. The number of fused-ring (bicyclic) bond motifs is 10. The van der Waals surface area contributed by atoms with E-state index in [1.165, 1.54) is 65.5 Å². The van der Waals surface area contributed by atoms with E-state index in [-0.39, 0.29) is 0 Å². The molecule has 7 aromatic carbocycles. The maximum absolute atomic E-state index is 2.49. The predicted molar refractivity (Wildman–Crippen MR) is 178 cm³/mol. The standard InChI is InChI=1S/C40H26N2/c1-3-14-27(15-4-1)28-16-13-19-30(26-28)42-36-25-12-10-23-34(36)38-32-21-8-7-20-31(32)37-33-22-9-11-24-35(33)41(39(37)40(38)42)29-17-5-2-6-18-29/h1-26H. The molecule has 0 spiro atoms. The molecule has 0 N–H and O–H groups in total. The molecule has 0 fully saturated rings. The lowest BCUT2D eigenvalue weighted by molar-refractivity contribution is 1.15. The maximum atomic E-state index is 2.49. The third-order valence-electron chi connectivity index (χ3n) is 8.67. The number of hydrogen-bond donors (Lipinski definition) is 0. The van der Waals surface area contributed by atoms with Crippen LogP contribution in [0.5, 0.6) is 0 Å². The molecule has 0 aliphatic heterocycles. The topological polar surface area (TPSA) is 9.86 Å². The van der Waals surface area contributed by atoms with E-state index in [0.717, 1.165) is 11.4 Å². The molecular weight excluding hydrogens is 508 g/mol. The molecule has 196 valence electrons. The summed E-state index contributed by atoms with van der Waals surface area (Å²) in [6, 6.07) is 57.1. The van der Waals surface area contributed by atoms with Crippen LogP contribution in [0.25, 0.3) is 76.9 Å². The molecular formula is C40H26N2. The third kappa shape index (κ3) is 3.21. The van der Waals surface area contributed by atoms with Gasteiger partial charge in [-0.1, -0.05) is 121 Å². The molecule has 0 atom stereocenters. The molecule has 0 bridgehead atoms. The van der Waals surface area contributed by atoms with Crippen molar-refractivity contribution in [2.75, 3.05) is 0 Å². The molecule has 2 nitrogen and oxygen atoms in total. The number of rotatable bonds is 3. The molecule has 2 heterocycles. The minimum atomic E-state index is 1.16. The predicted octanol–water partition coefficient (Wildman–Crippen LogP) is 10.7. The number of benzene rings is 7. The lowest BCUT2D eigenvalue weighted by Crippen LogP contribution is -1.99. The Balaban J connectivity index is 1.57. The van der Waals surface area contributed by atoms with Crippen molar-refractivity contribution >= 4 is 54.4 Å². The van der Waals surface area contributed by atoms with Crippen LogP contribution in [0, 0.1) is 0 Å². The fraction of sp³-hybridized carbons (Fsp3) is 0. The second-order valence-corrected chi connectivity index (χ2v) is 10.9. The first-order chi connectivity index (χ1) is 20.9. The van der Waals surface area contributed by atoms with Gasteiger partial charge in [0.05, 0.1) is 22.1 Å². The van der Waals surface area contributed by atoms with E-state index >= 15 is 0 Å². The first-order valence-electron chi connectivity index (χ1n) is 14.5. The van der Waals surface area contributed by atoms with Crippen LogP contribution in [0.4, 0.5) is 0 Å². The van der Waals surface area contributed by atoms with E-state index in [0.29, 0.717) is 0 Å². The largest absolute Gasteiger partial charge is 0.307 e. The Morgan fingerprint density at radius 1 is 0.310 bits per heavy atom. The highest BCUT2D eigenvalue weighted by Gasteiger charge is 2.24. The van der Waals surface area contributed by atoms with Crippen molar-refractivity contribution in [2.24, 2.45) is 0 Å². The average molecular weight is 535 g/mol. The van der Waals surface area contributed by atoms with Gasteiger partial charge < -0.3 is 9.13 Å². The quantitative estimate of drug-likeness (QED) is 0.213. The van der Waals surface area contributed by atoms with Gasteiger partial charge in [0.1, 0.15) is 0 Å². The van der Waals surface area contributed by atoms with E-state index < -0.39 is 0 Å². The van der Waals surface area contributed by atoms with E-state index in [4.69, 9.17) is 0 Å². The fourth-order valence-electron chi connectivity index (χ4n) is 6.96. The summed E-state index contributed by atoms with van der Waals surface area (Å²) in [6.45, 7) is 0. The van der Waals surface area contributed by atoms with Crippen molar-refractivity contribution < 1.29 is 0 Å². The molecule has 0 saturated heterocycles. The molecule has 0 unspecified atom stereocenters. The fourth-order valence-corrected chi connectivity index (χ4v) is 6.96. The van der Waals surface area contributed by atoms with Crippen LogP contribution >= 0.6 is 0 Å². The van der Waals surface area contributed by atoms with Gasteiger partial charge in [-0.3, -0.25) is 0 Å². The monoisotopic (exact) mass is 534 g/mol. The van der Waals surface area contributed by atoms with Crippen LogP contribution in [-0.4, -0.2) is 9.13 Å². The van der Waals surface area contributed by atoms with Gasteiger partial charge in [0.25, 0.3) is 0 Å². The third-order valence-corrected chi connectivity index (χ3v) is 8.67. The zero-order valence-electron chi connectivity index (χ0n) is 22.9. The van der Waals surface area contributed by atoms with Crippen molar-refractivity contribution in [2.45, 2.75) is 0 Å². The van der Waals surface area contributed by atoms with Crippen LogP contribution in [0.2, 0.25) is 0 Å². The lowest BCUT2D eigenvalue weighted by atomic mass is 9.98. The number of para-hydroxylation sites is 3. The first kappa shape index (κ1) is 23.1. The van der Waals surface area contributed by atoms with Crippen LogP contribution in [-0.2, 0) is 0 Å². The zero-order chi connectivity index (χ0) is 27.6. The van der Waals surface area contributed by atoms with Gasteiger partial charge in [-0.25, -0.2) is 0 Å². The summed E-state index contributed by atoms with van der Waals surface area (Å²) < 4.78 is 4.96. The van der Waals surface area contributed by atoms with Gasteiger partial charge in [0.15, 0.2) is 0 Å². The summed E-state index contributed by atoms with van der Waals surface area (Å²) in [5, 5.41) is 7.68. The van der Waals surface area contributed by atoms with Crippen LogP contribution in [0.1, 0.15) is 0 Å². The highest BCUT2D eigenvalue weighted by atomic mass is 15.0. The number of hydrogen-bond acceptors (Lipinski definition) is 0. The molecule has 2 heteroatoms. The van der Waals surface area contributed by atoms with Gasteiger partial charge in [-0.2, -0.15) is 0 Å². The van der Waals surface area contributed by atoms with Crippen LogP contribution in [0.3, 0.4) is 0 Å². The molecule has 2 aromatic heterocycles. The SMILES string of the molecule is c1ccc(-c2cccc(-n3c4ccccc4c4c5ccccc5c5c6ccccc6n(-c6ccccc6)c5c43)c2)cc1. The second-order valence-electron chi connectivity index (χ2n) is 10.9. The summed E-state index contributed by atoms with van der Waals surface area (Å²) in [5.41, 5.74) is 9.63. The van der Waals surface area contributed by atoms with Crippen LogP contribution in [0.15, 0.2) is 158 Å². The van der Waals surface area contributed by atoms with Gasteiger partial charge in [-0.15, -0.1) is 0 Å². The van der Waals surface area contributed by atoms with Crippen LogP contribution < -0.4 is 0 Å². The molecule has 42 heavy (non-hydrogen) atoms. The zero-order valence-corrected chi connectivity index (χ0v) is 22.9. The summed E-state index contributed by atoms with van der Waals surface area (Å²) in [6.07, 6.45) is 0. The smallest absolute Gasteiger partial charge is 0.0795 e. The van der Waals surface area contributed by atoms with E-state index in [2.05, 4.69) is 167 Å². The Hall–Kier alpha value is -5.60. The minimum absolute atomic E-state index is 1.16. The maximum Gasteiger partial charge on any atom is 0.0795 e. The summed E-state index contributed by atoms with van der Waals surface area (Å²) in [7, 11) is 0. The van der Waals surface area contributed by atoms with Crippen molar-refractivity contribution in [3.05, 3.63) is 158 Å². The molecule has 0 saturated carbocycles. The second kappa shape index (κ2) is 8.95. The van der Waals surface area contributed by atoms with Gasteiger partial charge in [-0.05, 0) is 58.3 Å². The molecule has 0 radical (unpaired) electrons. The molecule has 9 aromatic rings. The number of nitrogens with zero attached hydrogens (tertiary/aromatic N) is 2. The Morgan fingerprint density at radius 2 is 0.738 bits per heavy atom. The van der Waals surface area contributed by atoms with Crippen molar-refractivity contribution in [3.63, 3.8) is 0 Å². The van der Waals surface area contributed by atoms with Gasteiger partial charge >= 0.3 is 0 Å².